The third-order valence-corrected chi connectivity index (χ3v) is 4.92. The predicted molar refractivity (Wildman–Crippen MR) is 81.7 cm³/mol. The van der Waals surface area contributed by atoms with Crippen LogP contribution in [0.1, 0.15) is 24.3 Å². The van der Waals surface area contributed by atoms with Crippen molar-refractivity contribution in [3.05, 3.63) is 35.9 Å². The molecule has 1 unspecified atom stereocenters. The van der Waals surface area contributed by atoms with Crippen molar-refractivity contribution < 1.29 is 4.74 Å². The summed E-state index contributed by atoms with van der Waals surface area (Å²) in [7, 11) is 0. The highest BCUT2D eigenvalue weighted by atomic mass is 16.5. The maximum absolute atomic E-state index is 6.00. The van der Waals surface area contributed by atoms with Gasteiger partial charge in [-0.1, -0.05) is 30.3 Å². The van der Waals surface area contributed by atoms with Gasteiger partial charge >= 0.3 is 0 Å². The van der Waals surface area contributed by atoms with Crippen molar-refractivity contribution in [2.24, 2.45) is 17.6 Å². The zero-order chi connectivity index (χ0) is 13.8. The molecular formula is C17H26N2O. The molecule has 0 saturated carbocycles. The van der Waals surface area contributed by atoms with Crippen LogP contribution in [-0.4, -0.2) is 44.3 Å². The summed E-state index contributed by atoms with van der Waals surface area (Å²) >= 11 is 0. The van der Waals surface area contributed by atoms with Crippen molar-refractivity contribution in [2.45, 2.75) is 18.8 Å². The Hall–Kier alpha value is -0.900. The molecule has 0 aliphatic carbocycles. The van der Waals surface area contributed by atoms with E-state index in [0.717, 1.165) is 32.2 Å². The molecule has 0 spiro atoms. The van der Waals surface area contributed by atoms with Crippen LogP contribution in [0, 0.1) is 11.8 Å². The first-order valence-corrected chi connectivity index (χ1v) is 7.92. The molecule has 1 aromatic rings. The van der Waals surface area contributed by atoms with Gasteiger partial charge in [0, 0.05) is 32.2 Å². The molecule has 0 radical (unpaired) electrons. The van der Waals surface area contributed by atoms with Gasteiger partial charge in [0.1, 0.15) is 0 Å². The Morgan fingerprint density at radius 1 is 1.20 bits per heavy atom. The third kappa shape index (κ3) is 3.22. The molecule has 20 heavy (non-hydrogen) atoms. The normalized spacial score (nSPS) is 30.9. The quantitative estimate of drug-likeness (QED) is 0.893. The first kappa shape index (κ1) is 14.1. The molecule has 2 aliphatic heterocycles. The van der Waals surface area contributed by atoms with Gasteiger partial charge in [-0.2, -0.15) is 0 Å². The number of nitrogens with two attached hydrogens (primary N) is 1. The molecule has 2 heterocycles. The summed E-state index contributed by atoms with van der Waals surface area (Å²) in [5.41, 5.74) is 7.45. The van der Waals surface area contributed by atoms with Crippen molar-refractivity contribution in [2.75, 3.05) is 39.4 Å². The summed E-state index contributed by atoms with van der Waals surface area (Å²) in [5, 5.41) is 0. The third-order valence-electron chi connectivity index (χ3n) is 4.92. The molecule has 2 saturated heterocycles. The fourth-order valence-electron chi connectivity index (χ4n) is 3.64. The molecule has 0 amide bonds. The lowest BCUT2D eigenvalue weighted by Crippen LogP contribution is -2.25. The molecule has 2 N–H and O–H groups in total. The molecule has 2 fully saturated rings. The first-order valence-electron chi connectivity index (χ1n) is 7.92. The van der Waals surface area contributed by atoms with Gasteiger partial charge in [0.15, 0.2) is 0 Å². The van der Waals surface area contributed by atoms with Crippen molar-refractivity contribution >= 4 is 0 Å². The highest BCUT2D eigenvalue weighted by molar-refractivity contribution is 5.22. The summed E-state index contributed by atoms with van der Waals surface area (Å²) in [6.07, 6.45) is 2.52. The fraction of sp³-hybridized carbons (Fsp3) is 0.647. The van der Waals surface area contributed by atoms with E-state index in [0.29, 0.717) is 11.8 Å². The Morgan fingerprint density at radius 2 is 2.05 bits per heavy atom. The van der Waals surface area contributed by atoms with Gasteiger partial charge in [0.05, 0.1) is 0 Å². The molecule has 0 bridgehead atoms. The van der Waals surface area contributed by atoms with Gasteiger partial charge in [-0.05, 0) is 43.3 Å². The average molecular weight is 274 g/mol. The maximum Gasteiger partial charge on any atom is 0.0495 e. The first-order chi connectivity index (χ1) is 9.86. The van der Waals surface area contributed by atoms with Crippen LogP contribution in [0.25, 0.3) is 0 Å². The van der Waals surface area contributed by atoms with Gasteiger partial charge in [-0.25, -0.2) is 0 Å². The summed E-state index contributed by atoms with van der Waals surface area (Å²) in [6, 6.07) is 10.9. The predicted octanol–water partition coefficient (Wildman–Crippen LogP) is 2.09. The van der Waals surface area contributed by atoms with Crippen LogP contribution in [0.4, 0.5) is 0 Å². The van der Waals surface area contributed by atoms with Gasteiger partial charge in [0.2, 0.25) is 0 Å². The molecule has 2 aliphatic rings. The van der Waals surface area contributed by atoms with E-state index in [9.17, 15) is 0 Å². The summed E-state index contributed by atoms with van der Waals surface area (Å²) in [4.78, 5) is 2.60. The average Bonchev–Trinajstić information content (AvgIpc) is 3.15. The lowest BCUT2D eigenvalue weighted by Gasteiger charge is -2.18. The molecular weight excluding hydrogens is 248 g/mol. The van der Waals surface area contributed by atoms with E-state index in [1.54, 1.807) is 0 Å². The second kappa shape index (κ2) is 6.70. The molecule has 3 rings (SSSR count). The smallest absolute Gasteiger partial charge is 0.0495 e. The highest BCUT2D eigenvalue weighted by Gasteiger charge is 2.32. The van der Waals surface area contributed by atoms with E-state index in [1.165, 1.54) is 31.5 Å². The van der Waals surface area contributed by atoms with Crippen molar-refractivity contribution in [1.29, 1.82) is 0 Å². The summed E-state index contributed by atoms with van der Waals surface area (Å²) in [6.45, 7) is 6.25. The lowest BCUT2D eigenvalue weighted by atomic mass is 9.89. The highest BCUT2D eigenvalue weighted by Crippen LogP contribution is 2.32. The molecule has 0 aromatic heterocycles. The second-order valence-corrected chi connectivity index (χ2v) is 6.29. The molecule has 3 atom stereocenters. The Bertz CT molecular complexity index is 403. The van der Waals surface area contributed by atoms with Crippen LogP contribution in [0.2, 0.25) is 0 Å². The van der Waals surface area contributed by atoms with E-state index < -0.39 is 0 Å². The number of hydrogen-bond donors (Lipinski definition) is 1. The standard InChI is InChI=1S/C17H26N2O/c18-10-16-11-19(8-6-14-7-9-20-13-14)12-17(16)15-4-2-1-3-5-15/h1-5,14,16-17H,6-13,18H2/t14?,16-,17+/m1/s1. The number of rotatable bonds is 5. The van der Waals surface area contributed by atoms with E-state index in [1.807, 2.05) is 0 Å². The van der Waals surface area contributed by atoms with Crippen molar-refractivity contribution in [3.8, 4) is 0 Å². The number of hydrogen-bond acceptors (Lipinski definition) is 3. The summed E-state index contributed by atoms with van der Waals surface area (Å²) in [5.74, 6) is 2.00. The van der Waals surface area contributed by atoms with Crippen LogP contribution in [0.15, 0.2) is 30.3 Å². The number of nitrogens with zero attached hydrogens (tertiary/aromatic N) is 1. The van der Waals surface area contributed by atoms with Gasteiger partial charge < -0.3 is 15.4 Å². The van der Waals surface area contributed by atoms with Crippen molar-refractivity contribution in [1.82, 2.24) is 4.90 Å². The Balaban J connectivity index is 1.56. The van der Waals surface area contributed by atoms with Crippen LogP contribution < -0.4 is 5.73 Å². The number of likely N-dealkylation sites (tertiary alicyclic amines) is 1. The van der Waals surface area contributed by atoms with Crippen LogP contribution in [0.3, 0.4) is 0 Å². The number of benzene rings is 1. The van der Waals surface area contributed by atoms with E-state index in [2.05, 4.69) is 35.2 Å². The Morgan fingerprint density at radius 3 is 2.75 bits per heavy atom. The molecule has 1 aromatic carbocycles. The Kier molecular flexibility index (Phi) is 4.71. The van der Waals surface area contributed by atoms with Crippen LogP contribution in [0.5, 0.6) is 0 Å². The minimum Gasteiger partial charge on any atom is -0.381 e. The van der Waals surface area contributed by atoms with Gasteiger partial charge in [-0.15, -0.1) is 0 Å². The molecule has 3 nitrogen and oxygen atoms in total. The Labute approximate surface area is 122 Å². The topological polar surface area (TPSA) is 38.5 Å². The molecule has 3 heteroatoms. The lowest BCUT2D eigenvalue weighted by molar-refractivity contribution is 0.180. The summed E-state index contributed by atoms with van der Waals surface area (Å²) < 4.78 is 5.47. The van der Waals surface area contributed by atoms with E-state index in [4.69, 9.17) is 10.5 Å². The maximum atomic E-state index is 6.00. The zero-order valence-electron chi connectivity index (χ0n) is 12.2. The van der Waals surface area contributed by atoms with Crippen LogP contribution >= 0.6 is 0 Å². The monoisotopic (exact) mass is 274 g/mol. The van der Waals surface area contributed by atoms with Gasteiger partial charge in [-0.3, -0.25) is 0 Å². The minimum absolute atomic E-state index is 0.609. The van der Waals surface area contributed by atoms with Crippen molar-refractivity contribution in [3.63, 3.8) is 0 Å². The van der Waals surface area contributed by atoms with Gasteiger partial charge in [0.25, 0.3) is 0 Å². The largest absolute Gasteiger partial charge is 0.381 e. The fourth-order valence-corrected chi connectivity index (χ4v) is 3.64. The van der Waals surface area contributed by atoms with E-state index in [-0.39, 0.29) is 0 Å². The minimum atomic E-state index is 0.609. The SMILES string of the molecule is NC[C@@H]1CN(CCC2CCOC2)C[C@H]1c1ccccc1. The van der Waals surface area contributed by atoms with E-state index >= 15 is 0 Å². The van der Waals surface area contributed by atoms with Crippen LogP contribution in [-0.2, 0) is 4.74 Å². The molecule has 110 valence electrons. The zero-order valence-corrected chi connectivity index (χ0v) is 12.2. The second-order valence-electron chi connectivity index (χ2n) is 6.29. The number of ether oxygens (including phenoxy) is 1.